The minimum Gasteiger partial charge on any atom is -0.273 e. The summed E-state index contributed by atoms with van der Waals surface area (Å²) in [5.74, 6) is -1.45. The van der Waals surface area contributed by atoms with Crippen LogP contribution in [0.2, 0.25) is 5.02 Å². The molecule has 0 bridgehead atoms. The van der Waals surface area contributed by atoms with Gasteiger partial charge in [0, 0.05) is 20.4 Å². The van der Waals surface area contributed by atoms with Gasteiger partial charge in [0.15, 0.2) is 0 Å². The number of carbonyl (C=O) groups excluding carboxylic acids is 3. The molecule has 0 radical (unpaired) electrons. The van der Waals surface area contributed by atoms with Crippen molar-refractivity contribution in [3.8, 4) is 0 Å². The third-order valence-corrected chi connectivity index (χ3v) is 6.57. The molecule has 8 heteroatoms. The zero-order chi connectivity index (χ0) is 22.8. The average Bonchev–Trinajstić information content (AvgIpc) is 2.75. The van der Waals surface area contributed by atoms with Crippen LogP contribution in [-0.2, 0) is 16.0 Å². The van der Waals surface area contributed by atoms with E-state index in [9.17, 15) is 14.4 Å². The predicted octanol–water partition coefficient (Wildman–Crippen LogP) is 6.12. The molecule has 32 heavy (non-hydrogen) atoms. The third-order valence-electron chi connectivity index (χ3n) is 4.91. The lowest BCUT2D eigenvalue weighted by atomic mass is 10.0. The highest BCUT2D eigenvalue weighted by Gasteiger charge is 2.36. The van der Waals surface area contributed by atoms with Gasteiger partial charge < -0.3 is 0 Å². The zero-order valence-electron chi connectivity index (χ0n) is 16.4. The normalized spacial score (nSPS) is 15.3. The van der Waals surface area contributed by atoms with Crippen LogP contribution in [0.15, 0.2) is 81.2 Å². The number of hydrogen-bond donors (Lipinski definition) is 1. The molecule has 160 valence electrons. The van der Waals surface area contributed by atoms with Crippen molar-refractivity contribution >= 4 is 73.1 Å². The summed E-state index contributed by atoms with van der Waals surface area (Å²) in [5, 5.41) is 2.73. The Balaban J connectivity index is 1.63. The van der Waals surface area contributed by atoms with Crippen LogP contribution in [0.5, 0.6) is 0 Å². The van der Waals surface area contributed by atoms with Gasteiger partial charge in [-0.15, -0.1) is 0 Å². The highest BCUT2D eigenvalue weighted by atomic mass is 79.9. The van der Waals surface area contributed by atoms with Crippen molar-refractivity contribution < 1.29 is 14.4 Å². The van der Waals surface area contributed by atoms with E-state index in [1.165, 1.54) is 6.08 Å². The highest BCUT2D eigenvalue weighted by Crippen LogP contribution is 2.27. The van der Waals surface area contributed by atoms with Crippen LogP contribution >= 0.6 is 43.5 Å². The summed E-state index contributed by atoms with van der Waals surface area (Å²) >= 11 is 13.3. The Morgan fingerprint density at radius 3 is 2.31 bits per heavy atom. The maximum absolute atomic E-state index is 13.0. The Morgan fingerprint density at radius 1 is 0.906 bits per heavy atom. The summed E-state index contributed by atoms with van der Waals surface area (Å²) in [5.41, 5.74) is 2.78. The number of halogens is 3. The summed E-state index contributed by atoms with van der Waals surface area (Å²) in [4.78, 5) is 38.6. The number of urea groups is 1. The molecule has 3 aromatic rings. The SMILES string of the molecule is O=C1NC(=O)N(c2ccc(Br)cc2)C(=O)/C1=C/c1ccc(Cc2ccccc2Br)c(Cl)c1. The van der Waals surface area contributed by atoms with Gasteiger partial charge in [0.05, 0.1) is 5.69 Å². The lowest BCUT2D eigenvalue weighted by Crippen LogP contribution is -2.54. The van der Waals surface area contributed by atoms with Crippen molar-refractivity contribution in [1.29, 1.82) is 0 Å². The third kappa shape index (κ3) is 4.70. The first-order valence-corrected chi connectivity index (χ1v) is 11.5. The Morgan fingerprint density at radius 2 is 1.62 bits per heavy atom. The van der Waals surface area contributed by atoms with Gasteiger partial charge in [0.2, 0.25) is 0 Å². The van der Waals surface area contributed by atoms with E-state index in [2.05, 4.69) is 37.2 Å². The van der Waals surface area contributed by atoms with Crippen LogP contribution in [-0.4, -0.2) is 17.8 Å². The van der Waals surface area contributed by atoms with E-state index >= 15 is 0 Å². The van der Waals surface area contributed by atoms with Crippen LogP contribution < -0.4 is 10.2 Å². The fourth-order valence-corrected chi connectivity index (χ4v) is 4.24. The number of benzene rings is 3. The second-order valence-electron chi connectivity index (χ2n) is 7.05. The van der Waals surface area contributed by atoms with Crippen molar-refractivity contribution in [2.24, 2.45) is 0 Å². The van der Waals surface area contributed by atoms with Gasteiger partial charge >= 0.3 is 6.03 Å². The topological polar surface area (TPSA) is 66.5 Å². The van der Waals surface area contributed by atoms with Crippen LogP contribution in [0.4, 0.5) is 10.5 Å². The van der Waals surface area contributed by atoms with E-state index in [1.54, 1.807) is 36.4 Å². The fourth-order valence-electron chi connectivity index (χ4n) is 3.29. The van der Waals surface area contributed by atoms with Gasteiger partial charge in [-0.3, -0.25) is 14.9 Å². The minimum absolute atomic E-state index is 0.151. The number of nitrogens with zero attached hydrogens (tertiary/aromatic N) is 1. The number of barbiturate groups is 1. The Bertz CT molecular complexity index is 1270. The molecule has 1 N–H and O–H groups in total. The van der Waals surface area contributed by atoms with Crippen molar-refractivity contribution in [3.05, 3.63) is 103 Å². The molecule has 1 fully saturated rings. The molecule has 5 nitrogen and oxygen atoms in total. The van der Waals surface area contributed by atoms with Crippen molar-refractivity contribution in [2.75, 3.05) is 4.90 Å². The first-order chi connectivity index (χ1) is 15.3. The molecule has 4 amide bonds. The molecule has 0 saturated carbocycles. The van der Waals surface area contributed by atoms with E-state index in [4.69, 9.17) is 11.6 Å². The standard InChI is InChI=1S/C24H15Br2ClN2O3/c25-17-7-9-18(10-8-17)29-23(31)19(22(30)28-24(29)32)11-14-5-6-16(21(27)12-14)13-15-3-1-2-4-20(15)26/h1-12H,13H2,(H,28,30,32)/b19-11+. The average molecular weight is 575 g/mol. The summed E-state index contributed by atoms with van der Waals surface area (Å²) in [6.07, 6.45) is 2.06. The van der Waals surface area contributed by atoms with Gasteiger partial charge in [-0.05, 0) is 59.2 Å². The first-order valence-electron chi connectivity index (χ1n) is 9.52. The molecule has 3 aromatic carbocycles. The monoisotopic (exact) mass is 572 g/mol. The molecule has 0 spiro atoms. The largest absolute Gasteiger partial charge is 0.335 e. The van der Waals surface area contributed by atoms with Crippen molar-refractivity contribution in [1.82, 2.24) is 5.32 Å². The summed E-state index contributed by atoms with van der Waals surface area (Å²) in [7, 11) is 0. The lowest BCUT2D eigenvalue weighted by molar-refractivity contribution is -0.122. The molecule has 1 saturated heterocycles. The van der Waals surface area contributed by atoms with E-state index in [1.807, 2.05) is 30.3 Å². The van der Waals surface area contributed by atoms with Gasteiger partial charge in [0.1, 0.15) is 5.57 Å². The van der Waals surface area contributed by atoms with E-state index in [0.717, 1.165) is 25.0 Å². The smallest absolute Gasteiger partial charge is 0.273 e. The Kier molecular flexibility index (Phi) is 6.60. The van der Waals surface area contributed by atoms with Gasteiger partial charge in [-0.1, -0.05) is 73.8 Å². The number of rotatable bonds is 4. The van der Waals surface area contributed by atoms with E-state index in [0.29, 0.717) is 22.7 Å². The van der Waals surface area contributed by atoms with E-state index in [-0.39, 0.29) is 5.57 Å². The molecular weight excluding hydrogens is 560 g/mol. The quantitative estimate of drug-likeness (QED) is 0.302. The van der Waals surface area contributed by atoms with Crippen LogP contribution in [0.1, 0.15) is 16.7 Å². The molecule has 0 atom stereocenters. The summed E-state index contributed by atoms with van der Waals surface area (Å²) in [6, 6.07) is 19.1. The molecule has 1 aliphatic rings. The number of imide groups is 2. The molecule has 0 aromatic heterocycles. The van der Waals surface area contributed by atoms with Crippen LogP contribution in [0.3, 0.4) is 0 Å². The Hall–Kier alpha value is -2.74. The lowest BCUT2D eigenvalue weighted by Gasteiger charge is -2.26. The second-order valence-corrected chi connectivity index (χ2v) is 9.23. The van der Waals surface area contributed by atoms with Gasteiger partial charge in [-0.25, -0.2) is 9.69 Å². The predicted molar refractivity (Wildman–Crippen MR) is 132 cm³/mol. The maximum atomic E-state index is 13.0. The van der Waals surface area contributed by atoms with Crippen LogP contribution in [0, 0.1) is 0 Å². The number of carbonyl (C=O) groups is 3. The molecule has 1 aliphatic heterocycles. The Labute approximate surface area is 206 Å². The maximum Gasteiger partial charge on any atom is 0.335 e. The molecular formula is C24H15Br2ClN2O3. The second kappa shape index (κ2) is 9.40. The van der Waals surface area contributed by atoms with E-state index < -0.39 is 17.8 Å². The molecule has 0 unspecified atom stereocenters. The number of nitrogens with one attached hydrogen (secondary N) is 1. The minimum atomic E-state index is -0.790. The summed E-state index contributed by atoms with van der Waals surface area (Å²) in [6.45, 7) is 0. The van der Waals surface area contributed by atoms with Crippen LogP contribution in [0.25, 0.3) is 6.08 Å². The number of amides is 4. The molecule has 0 aliphatic carbocycles. The molecule has 4 rings (SSSR count). The van der Waals surface area contributed by atoms with Crippen molar-refractivity contribution in [2.45, 2.75) is 6.42 Å². The highest BCUT2D eigenvalue weighted by molar-refractivity contribution is 9.10. The zero-order valence-corrected chi connectivity index (χ0v) is 20.4. The molecule has 1 heterocycles. The fraction of sp³-hybridized carbons (Fsp3) is 0.0417. The van der Waals surface area contributed by atoms with Crippen molar-refractivity contribution in [3.63, 3.8) is 0 Å². The van der Waals surface area contributed by atoms with Gasteiger partial charge in [-0.2, -0.15) is 0 Å². The number of anilines is 1. The number of hydrogen-bond acceptors (Lipinski definition) is 3. The van der Waals surface area contributed by atoms with Gasteiger partial charge in [0.25, 0.3) is 11.8 Å². The first kappa shape index (κ1) is 22.5. The summed E-state index contributed by atoms with van der Waals surface area (Å²) < 4.78 is 1.79.